The van der Waals surface area contributed by atoms with Gasteiger partial charge in [-0.05, 0) is 20.8 Å². The molecule has 0 saturated carbocycles. The van der Waals surface area contributed by atoms with Crippen LogP contribution in [0, 0.1) is 0 Å². The Morgan fingerprint density at radius 1 is 0.905 bits per heavy atom. The lowest BCUT2D eigenvalue weighted by molar-refractivity contribution is -0.123. The number of nitrogens with one attached hydrogen (secondary N) is 1. The molecule has 21 heavy (non-hydrogen) atoms. The van der Waals surface area contributed by atoms with Crippen molar-refractivity contribution in [2.24, 2.45) is 0 Å². The first-order valence-corrected chi connectivity index (χ1v) is 8.89. The van der Waals surface area contributed by atoms with E-state index >= 15 is 0 Å². The van der Waals surface area contributed by atoms with Crippen LogP contribution in [-0.4, -0.2) is 40.4 Å². The minimum absolute atomic E-state index is 0.0605. The zero-order valence-corrected chi connectivity index (χ0v) is 14.8. The Labute approximate surface area is 128 Å². The van der Waals surface area contributed by atoms with Gasteiger partial charge in [0, 0.05) is 37.0 Å². The van der Waals surface area contributed by atoms with Crippen LogP contribution in [0.3, 0.4) is 0 Å². The number of rotatable bonds is 6. The largest absolute Gasteiger partial charge is 0.506 e. The quantitative estimate of drug-likeness (QED) is 0.599. The highest BCUT2D eigenvalue weighted by molar-refractivity contribution is 6.64. The Kier molecular flexibility index (Phi) is 8.65. The lowest BCUT2D eigenvalue weighted by Gasteiger charge is -2.38. The van der Waals surface area contributed by atoms with Crippen LogP contribution in [0.4, 0.5) is 0 Å². The molecule has 0 aliphatic carbocycles. The fourth-order valence-corrected chi connectivity index (χ4v) is 4.39. The molecule has 1 aliphatic rings. The number of amides is 2. The van der Waals surface area contributed by atoms with Gasteiger partial charge in [-0.1, -0.05) is 20.8 Å². The van der Waals surface area contributed by atoms with Crippen molar-refractivity contribution in [2.45, 2.75) is 46.6 Å². The van der Waals surface area contributed by atoms with E-state index in [-0.39, 0.29) is 16.9 Å². The van der Waals surface area contributed by atoms with Gasteiger partial charge in [-0.3, -0.25) is 14.9 Å². The van der Waals surface area contributed by atoms with Gasteiger partial charge >= 0.3 is 8.80 Å². The highest BCUT2D eigenvalue weighted by atomic mass is 28.4. The normalized spacial score (nSPS) is 14.8. The van der Waals surface area contributed by atoms with Crippen molar-refractivity contribution in [3.05, 3.63) is 12.2 Å². The minimum atomic E-state index is -2.50. The summed E-state index contributed by atoms with van der Waals surface area (Å²) in [6.07, 6.45) is 2.39. The van der Waals surface area contributed by atoms with Crippen LogP contribution in [0.15, 0.2) is 12.2 Å². The van der Waals surface area contributed by atoms with Gasteiger partial charge in [0.2, 0.25) is 0 Å². The molecule has 0 saturated heterocycles. The van der Waals surface area contributed by atoms with Crippen LogP contribution in [0.25, 0.3) is 0 Å². The molecule has 122 valence electrons. The lowest BCUT2D eigenvalue weighted by Crippen LogP contribution is -2.53. The van der Waals surface area contributed by atoms with E-state index in [9.17, 15) is 9.59 Å². The summed E-state index contributed by atoms with van der Waals surface area (Å²) < 4.78 is 17.3. The third-order valence-corrected chi connectivity index (χ3v) is 6.40. The van der Waals surface area contributed by atoms with Crippen molar-refractivity contribution in [3.63, 3.8) is 0 Å². The molecule has 0 spiro atoms. The van der Waals surface area contributed by atoms with Crippen LogP contribution >= 0.6 is 0 Å². The molecule has 0 aromatic rings. The summed E-state index contributed by atoms with van der Waals surface area (Å²) in [4.78, 5) is 20.1. The molecule has 2 amide bonds. The second-order valence-corrected chi connectivity index (χ2v) is 8.77. The van der Waals surface area contributed by atoms with Crippen molar-refractivity contribution >= 4 is 20.6 Å². The first kappa shape index (κ1) is 20.0. The summed E-state index contributed by atoms with van der Waals surface area (Å²) in [7, 11) is -2.50. The zero-order valence-electron chi connectivity index (χ0n) is 13.8. The van der Waals surface area contributed by atoms with Crippen molar-refractivity contribution in [3.8, 4) is 0 Å². The van der Waals surface area contributed by atoms with E-state index in [1.807, 2.05) is 26.1 Å². The van der Waals surface area contributed by atoms with Gasteiger partial charge in [-0.25, -0.2) is 0 Å². The topological polar surface area (TPSA) is 73.9 Å². The Bertz CT molecular complexity index is 343. The van der Waals surface area contributed by atoms with Gasteiger partial charge in [0.15, 0.2) is 0 Å². The minimum Gasteiger partial charge on any atom is -0.373 e. The fraction of sp³-hybridized carbons (Fsp3) is 0.714. The maximum atomic E-state index is 10.0. The van der Waals surface area contributed by atoms with Crippen molar-refractivity contribution < 1.29 is 22.9 Å². The maximum Gasteiger partial charge on any atom is 0.506 e. The molecule has 6 nitrogen and oxygen atoms in total. The van der Waals surface area contributed by atoms with E-state index in [1.54, 1.807) is 0 Å². The van der Waals surface area contributed by atoms with Crippen molar-refractivity contribution in [2.75, 3.05) is 19.8 Å². The maximum absolute atomic E-state index is 10.0. The number of imide groups is 1. The van der Waals surface area contributed by atoms with Crippen molar-refractivity contribution in [1.82, 2.24) is 5.32 Å². The third-order valence-electron chi connectivity index (χ3n) is 2.55. The van der Waals surface area contributed by atoms with E-state index in [2.05, 4.69) is 20.8 Å². The van der Waals surface area contributed by atoms with Gasteiger partial charge in [-0.2, -0.15) is 0 Å². The average molecular weight is 317 g/mol. The predicted octanol–water partition coefficient (Wildman–Crippen LogP) is 2.03. The summed E-state index contributed by atoms with van der Waals surface area (Å²) in [5.41, 5.74) is 0. The number of hydrogen-bond acceptors (Lipinski definition) is 5. The molecule has 7 heteroatoms. The molecular weight excluding hydrogens is 290 g/mol. The molecule has 0 fully saturated rings. The zero-order chi connectivity index (χ0) is 16.5. The van der Waals surface area contributed by atoms with Gasteiger partial charge in [0.25, 0.3) is 11.8 Å². The molecule has 0 unspecified atom stereocenters. The molecule has 0 atom stereocenters. The molecule has 0 radical (unpaired) electrons. The summed E-state index contributed by atoms with van der Waals surface area (Å²) >= 11 is 0. The second kappa shape index (κ2) is 9.09. The van der Waals surface area contributed by atoms with E-state index in [4.69, 9.17) is 13.3 Å². The molecule has 1 N–H and O–H groups in total. The van der Waals surface area contributed by atoms with Crippen LogP contribution in [0.1, 0.15) is 41.5 Å². The predicted molar refractivity (Wildman–Crippen MR) is 82.6 cm³/mol. The van der Waals surface area contributed by atoms with E-state index in [1.165, 1.54) is 12.2 Å². The van der Waals surface area contributed by atoms with E-state index in [0.29, 0.717) is 19.8 Å². The van der Waals surface area contributed by atoms with E-state index < -0.39 is 8.80 Å². The highest BCUT2D eigenvalue weighted by Crippen LogP contribution is 2.38. The Hall–Kier alpha value is -1.02. The summed E-state index contributed by atoms with van der Waals surface area (Å²) in [5.74, 6) is -0.657. The third kappa shape index (κ3) is 6.51. The summed E-state index contributed by atoms with van der Waals surface area (Å²) in [6, 6.07) is 0. The van der Waals surface area contributed by atoms with Crippen LogP contribution in [0.2, 0.25) is 5.04 Å². The number of carbonyl (C=O) groups excluding carboxylic acids is 2. The molecule has 1 aliphatic heterocycles. The lowest BCUT2D eigenvalue weighted by atomic mass is 10.3. The van der Waals surface area contributed by atoms with Gasteiger partial charge in [0.1, 0.15) is 0 Å². The summed E-state index contributed by atoms with van der Waals surface area (Å²) in [6.45, 7) is 14.2. The van der Waals surface area contributed by atoms with E-state index in [0.717, 1.165) is 0 Å². The number of hydrogen-bond donors (Lipinski definition) is 1. The molecule has 1 rings (SSSR count). The molecule has 0 aromatic heterocycles. The molecule has 0 aromatic carbocycles. The second-order valence-electron chi connectivity index (χ2n) is 5.29. The van der Waals surface area contributed by atoms with Gasteiger partial charge < -0.3 is 13.3 Å². The first-order chi connectivity index (χ1) is 9.72. The van der Waals surface area contributed by atoms with Crippen molar-refractivity contribution in [1.29, 1.82) is 0 Å². The van der Waals surface area contributed by atoms with Crippen LogP contribution < -0.4 is 5.32 Å². The number of carbonyl (C=O) groups is 2. The average Bonchev–Trinajstić information content (AvgIpc) is 2.73. The SMILES string of the molecule is CCO[Si](OCC)(OCC)C(C)(C)C.O=C1C=CC(=O)N1. The highest BCUT2D eigenvalue weighted by Gasteiger charge is 2.52. The standard InChI is InChI=1S/C10H24O3Si.C4H3NO2/c1-7-11-14(12-8-2,13-9-3)10(4,5)6;6-3-1-2-4(7)5-3/h7-9H2,1-6H3;1-2H,(H,5,6,7). The van der Waals surface area contributed by atoms with Crippen LogP contribution in [-0.2, 0) is 22.9 Å². The molecule has 1 heterocycles. The molecule has 0 bridgehead atoms. The van der Waals surface area contributed by atoms with Gasteiger partial charge in [-0.15, -0.1) is 0 Å². The Morgan fingerprint density at radius 3 is 1.38 bits per heavy atom. The van der Waals surface area contributed by atoms with Crippen LogP contribution in [0.5, 0.6) is 0 Å². The van der Waals surface area contributed by atoms with Gasteiger partial charge in [0.05, 0.1) is 0 Å². The monoisotopic (exact) mass is 317 g/mol. The fourth-order valence-electron chi connectivity index (χ4n) is 1.70. The Morgan fingerprint density at radius 2 is 1.24 bits per heavy atom. The molecular formula is C14H27NO5Si. The first-order valence-electron chi connectivity index (χ1n) is 7.17. The smallest absolute Gasteiger partial charge is 0.373 e. The Balaban J connectivity index is 0.000000471. The summed E-state index contributed by atoms with van der Waals surface area (Å²) in [5, 5.41) is 1.97.